The average Bonchev–Trinajstić information content (AvgIpc) is 3.12. The van der Waals surface area contributed by atoms with Gasteiger partial charge in [-0.1, -0.05) is 30.3 Å². The minimum absolute atomic E-state index is 0.303. The SMILES string of the molecule is CNC(COC(C)C)C1(c2ccccc2)CC1. The Bertz CT molecular complexity index is 343. The molecule has 1 fully saturated rings. The second-order valence-corrected chi connectivity index (χ2v) is 5.25. The van der Waals surface area contributed by atoms with Crippen LogP contribution in [0.2, 0.25) is 0 Å². The molecule has 1 aliphatic rings. The summed E-state index contributed by atoms with van der Waals surface area (Å²) in [5.74, 6) is 0. The molecule has 1 saturated carbocycles. The van der Waals surface area contributed by atoms with Crippen molar-refractivity contribution >= 4 is 0 Å². The lowest BCUT2D eigenvalue weighted by molar-refractivity contribution is 0.0548. The number of benzene rings is 1. The van der Waals surface area contributed by atoms with E-state index in [4.69, 9.17) is 4.74 Å². The molecule has 0 aliphatic heterocycles. The van der Waals surface area contributed by atoms with E-state index in [-0.39, 0.29) is 0 Å². The summed E-state index contributed by atoms with van der Waals surface area (Å²) >= 11 is 0. The fraction of sp³-hybridized carbons (Fsp3) is 0.600. The molecule has 2 rings (SSSR count). The standard InChI is InChI=1S/C15H23NO/c1-12(2)17-11-14(16-3)15(9-10-15)13-7-5-4-6-8-13/h4-8,12,14,16H,9-11H2,1-3H3. The maximum Gasteiger partial charge on any atom is 0.0631 e. The highest BCUT2D eigenvalue weighted by Crippen LogP contribution is 2.50. The van der Waals surface area contributed by atoms with Gasteiger partial charge in [0.15, 0.2) is 0 Å². The number of nitrogens with one attached hydrogen (secondary N) is 1. The normalized spacial score (nSPS) is 19.3. The first-order valence-electron chi connectivity index (χ1n) is 6.53. The predicted molar refractivity (Wildman–Crippen MR) is 71.3 cm³/mol. The summed E-state index contributed by atoms with van der Waals surface area (Å²) in [7, 11) is 2.04. The number of hydrogen-bond acceptors (Lipinski definition) is 2. The summed E-state index contributed by atoms with van der Waals surface area (Å²) in [6.45, 7) is 4.98. The van der Waals surface area contributed by atoms with Gasteiger partial charge in [-0.2, -0.15) is 0 Å². The van der Waals surface area contributed by atoms with Gasteiger partial charge in [0, 0.05) is 11.5 Å². The molecule has 1 N–H and O–H groups in total. The van der Waals surface area contributed by atoms with E-state index in [1.165, 1.54) is 18.4 Å². The summed E-state index contributed by atoms with van der Waals surface area (Å²) in [6.07, 6.45) is 2.84. The summed E-state index contributed by atoms with van der Waals surface area (Å²) in [5.41, 5.74) is 1.76. The molecule has 1 aromatic carbocycles. The summed E-state index contributed by atoms with van der Waals surface area (Å²) in [4.78, 5) is 0. The molecular formula is C15H23NO. The first-order chi connectivity index (χ1) is 8.19. The molecule has 0 saturated heterocycles. The van der Waals surface area contributed by atoms with Gasteiger partial charge >= 0.3 is 0 Å². The third kappa shape index (κ3) is 2.70. The Labute approximate surface area is 104 Å². The Kier molecular flexibility index (Phi) is 3.85. The van der Waals surface area contributed by atoms with Crippen LogP contribution in [-0.4, -0.2) is 25.8 Å². The van der Waals surface area contributed by atoms with Crippen LogP contribution < -0.4 is 5.32 Å². The van der Waals surface area contributed by atoms with Gasteiger partial charge in [0.2, 0.25) is 0 Å². The van der Waals surface area contributed by atoms with Crippen LogP contribution in [-0.2, 0) is 10.2 Å². The lowest BCUT2D eigenvalue weighted by atomic mass is 9.88. The molecule has 0 heterocycles. The topological polar surface area (TPSA) is 21.3 Å². The van der Waals surface area contributed by atoms with Crippen LogP contribution in [0.1, 0.15) is 32.3 Å². The summed E-state index contributed by atoms with van der Waals surface area (Å²) in [5, 5.41) is 3.43. The van der Waals surface area contributed by atoms with E-state index in [1.54, 1.807) is 0 Å². The van der Waals surface area contributed by atoms with Gasteiger partial charge in [-0.3, -0.25) is 0 Å². The van der Waals surface area contributed by atoms with Crippen LogP contribution in [0, 0.1) is 0 Å². The molecule has 2 heteroatoms. The van der Waals surface area contributed by atoms with Gasteiger partial charge in [-0.15, -0.1) is 0 Å². The van der Waals surface area contributed by atoms with Crippen LogP contribution in [0.3, 0.4) is 0 Å². The van der Waals surface area contributed by atoms with E-state index in [9.17, 15) is 0 Å². The highest BCUT2D eigenvalue weighted by atomic mass is 16.5. The van der Waals surface area contributed by atoms with E-state index in [0.29, 0.717) is 17.6 Å². The molecule has 94 valence electrons. The van der Waals surface area contributed by atoms with Crippen LogP contribution in [0.15, 0.2) is 30.3 Å². The van der Waals surface area contributed by atoms with Crippen molar-refractivity contribution in [2.45, 2.75) is 44.2 Å². The van der Waals surface area contributed by atoms with Crippen molar-refractivity contribution in [3.05, 3.63) is 35.9 Å². The van der Waals surface area contributed by atoms with Crippen LogP contribution in [0.4, 0.5) is 0 Å². The molecule has 0 aromatic heterocycles. The minimum atomic E-state index is 0.303. The largest absolute Gasteiger partial charge is 0.377 e. The van der Waals surface area contributed by atoms with Crippen molar-refractivity contribution in [3.63, 3.8) is 0 Å². The molecule has 2 nitrogen and oxygen atoms in total. The van der Waals surface area contributed by atoms with Crippen molar-refractivity contribution in [2.75, 3.05) is 13.7 Å². The molecular weight excluding hydrogens is 210 g/mol. The Balaban J connectivity index is 2.08. The Hall–Kier alpha value is -0.860. The zero-order valence-corrected chi connectivity index (χ0v) is 11.1. The van der Waals surface area contributed by atoms with Crippen LogP contribution >= 0.6 is 0 Å². The van der Waals surface area contributed by atoms with Crippen molar-refractivity contribution in [1.82, 2.24) is 5.32 Å². The van der Waals surface area contributed by atoms with Gasteiger partial charge in [-0.25, -0.2) is 0 Å². The third-order valence-electron chi connectivity index (χ3n) is 3.75. The fourth-order valence-corrected chi connectivity index (χ4v) is 2.55. The van der Waals surface area contributed by atoms with Crippen molar-refractivity contribution < 1.29 is 4.74 Å². The Morgan fingerprint density at radius 1 is 1.24 bits per heavy atom. The lowest BCUT2D eigenvalue weighted by Crippen LogP contribution is -2.42. The Morgan fingerprint density at radius 2 is 1.88 bits per heavy atom. The van der Waals surface area contributed by atoms with E-state index in [2.05, 4.69) is 49.5 Å². The van der Waals surface area contributed by atoms with Crippen LogP contribution in [0.5, 0.6) is 0 Å². The molecule has 1 atom stereocenters. The van der Waals surface area contributed by atoms with Crippen molar-refractivity contribution in [2.24, 2.45) is 0 Å². The van der Waals surface area contributed by atoms with Gasteiger partial charge in [0.1, 0.15) is 0 Å². The average molecular weight is 233 g/mol. The van der Waals surface area contributed by atoms with Crippen molar-refractivity contribution in [3.8, 4) is 0 Å². The van der Waals surface area contributed by atoms with Gasteiger partial charge in [-0.05, 0) is 39.3 Å². The van der Waals surface area contributed by atoms with E-state index < -0.39 is 0 Å². The number of hydrogen-bond donors (Lipinski definition) is 1. The molecule has 1 unspecified atom stereocenters. The maximum absolute atomic E-state index is 5.78. The molecule has 1 aromatic rings. The molecule has 0 spiro atoms. The highest BCUT2D eigenvalue weighted by molar-refractivity contribution is 5.33. The number of likely N-dealkylation sites (N-methyl/N-ethyl adjacent to an activating group) is 1. The quantitative estimate of drug-likeness (QED) is 0.815. The molecule has 0 amide bonds. The first-order valence-corrected chi connectivity index (χ1v) is 6.53. The smallest absolute Gasteiger partial charge is 0.0631 e. The van der Waals surface area contributed by atoms with Gasteiger partial charge in [0.25, 0.3) is 0 Å². The first kappa shape index (κ1) is 12.6. The molecule has 0 bridgehead atoms. The molecule has 1 aliphatic carbocycles. The highest BCUT2D eigenvalue weighted by Gasteiger charge is 2.50. The van der Waals surface area contributed by atoms with Gasteiger partial charge < -0.3 is 10.1 Å². The van der Waals surface area contributed by atoms with E-state index in [0.717, 1.165) is 6.61 Å². The van der Waals surface area contributed by atoms with Crippen molar-refractivity contribution in [1.29, 1.82) is 0 Å². The molecule has 17 heavy (non-hydrogen) atoms. The van der Waals surface area contributed by atoms with Gasteiger partial charge in [0.05, 0.1) is 12.7 Å². The summed E-state index contributed by atoms with van der Waals surface area (Å²) in [6, 6.07) is 11.3. The third-order valence-corrected chi connectivity index (χ3v) is 3.75. The van der Waals surface area contributed by atoms with E-state index >= 15 is 0 Å². The van der Waals surface area contributed by atoms with E-state index in [1.807, 2.05) is 7.05 Å². The summed E-state index contributed by atoms with van der Waals surface area (Å²) < 4.78 is 5.78. The van der Waals surface area contributed by atoms with Crippen LogP contribution in [0.25, 0.3) is 0 Å². The number of ether oxygens (including phenoxy) is 1. The fourth-order valence-electron chi connectivity index (χ4n) is 2.55. The second-order valence-electron chi connectivity index (χ2n) is 5.25. The second kappa shape index (κ2) is 5.19. The Morgan fingerprint density at radius 3 is 2.35 bits per heavy atom. The maximum atomic E-state index is 5.78. The predicted octanol–water partition coefficient (Wildman–Crippen LogP) is 2.73. The molecule has 0 radical (unpaired) electrons. The monoisotopic (exact) mass is 233 g/mol. The lowest BCUT2D eigenvalue weighted by Gasteiger charge is -2.28. The zero-order valence-electron chi connectivity index (χ0n) is 11.1. The minimum Gasteiger partial charge on any atom is -0.377 e. The number of rotatable bonds is 6. The zero-order chi connectivity index (χ0) is 12.3.